The lowest BCUT2D eigenvalue weighted by Crippen LogP contribution is -2.16. The number of nitrogens with one attached hydrogen (secondary N) is 3. The third kappa shape index (κ3) is 4.91. The second-order valence-corrected chi connectivity index (χ2v) is 8.00. The Balaban J connectivity index is 1.48. The van der Waals surface area contributed by atoms with Crippen molar-refractivity contribution in [3.63, 3.8) is 0 Å². The third-order valence-electron chi connectivity index (χ3n) is 5.64. The number of benzene rings is 2. The van der Waals surface area contributed by atoms with Crippen LogP contribution in [0.5, 0.6) is 5.75 Å². The molecule has 0 saturated heterocycles. The normalized spacial score (nSPS) is 11.4. The Hall–Kier alpha value is -5.14. The van der Waals surface area contributed by atoms with Crippen molar-refractivity contribution in [3.8, 4) is 17.0 Å². The van der Waals surface area contributed by atoms with Crippen LogP contribution in [-0.2, 0) is 6.18 Å². The summed E-state index contributed by atoms with van der Waals surface area (Å²) in [6.07, 6.45) is -0.722. The highest BCUT2D eigenvalue weighted by atomic mass is 19.4. The van der Waals surface area contributed by atoms with Crippen LogP contribution in [0.4, 0.5) is 39.1 Å². The number of halogens is 5. The molecule has 198 valence electrons. The molecule has 5 rings (SSSR count). The van der Waals surface area contributed by atoms with E-state index in [9.17, 15) is 22.4 Å². The molecule has 5 aromatic rings. The fraction of sp³-hybridized carbons (Fsp3) is 0.0800. The quantitative estimate of drug-likeness (QED) is 0.236. The summed E-state index contributed by atoms with van der Waals surface area (Å²) in [5.41, 5.74) is -1.19. The Morgan fingerprint density at radius 1 is 1.03 bits per heavy atom. The van der Waals surface area contributed by atoms with Gasteiger partial charge in [0.05, 0.1) is 24.7 Å². The van der Waals surface area contributed by atoms with Crippen LogP contribution >= 0.6 is 0 Å². The minimum Gasteiger partial charge on any atom is -0.496 e. The smallest absolute Gasteiger partial charge is 0.419 e. The largest absolute Gasteiger partial charge is 0.496 e. The van der Waals surface area contributed by atoms with Gasteiger partial charge in [-0.1, -0.05) is 0 Å². The van der Waals surface area contributed by atoms with Gasteiger partial charge in [-0.05, 0) is 42.5 Å². The first-order valence-electron chi connectivity index (χ1n) is 11.1. The zero-order chi connectivity index (χ0) is 27.7. The predicted molar refractivity (Wildman–Crippen MR) is 131 cm³/mol. The van der Waals surface area contributed by atoms with Crippen molar-refractivity contribution in [3.05, 3.63) is 84.1 Å². The van der Waals surface area contributed by atoms with Crippen molar-refractivity contribution in [2.45, 2.75) is 6.18 Å². The monoisotopic (exact) mass is 541 g/mol. The second kappa shape index (κ2) is 9.96. The van der Waals surface area contributed by atoms with Crippen LogP contribution in [0.1, 0.15) is 15.9 Å². The Labute approximate surface area is 216 Å². The van der Waals surface area contributed by atoms with E-state index in [-0.39, 0.29) is 5.82 Å². The number of carbonyl (C=O) groups excluding carboxylic acids is 1. The zero-order valence-electron chi connectivity index (χ0n) is 19.8. The van der Waals surface area contributed by atoms with Gasteiger partial charge >= 0.3 is 6.18 Å². The van der Waals surface area contributed by atoms with E-state index >= 15 is 4.39 Å². The number of imidazole rings is 1. The molecule has 0 aliphatic carbocycles. The molecule has 0 saturated carbocycles. The van der Waals surface area contributed by atoms with Gasteiger partial charge in [0.2, 0.25) is 0 Å². The molecule has 0 radical (unpaired) electrons. The molecule has 0 aliphatic rings. The minimum absolute atomic E-state index is 0.0262. The molecule has 1 amide bonds. The van der Waals surface area contributed by atoms with Crippen LogP contribution in [0, 0.1) is 11.6 Å². The van der Waals surface area contributed by atoms with Crippen molar-refractivity contribution >= 4 is 34.3 Å². The standard InChI is InChI=1S/C25H16F5N7O2/c1-39-17-7-4-12(9-14(17)25(28,29)30)24(38)36-16-6-5-15(26)20(18(16)27)37-22-13(3-2-8-31-22)19-21-23(34-10-32-19)35-11-33-21/h2-11H,1H3,(H,31,37)(H,36,38)(H,32,33,34,35). The molecule has 0 atom stereocenters. The van der Waals surface area contributed by atoms with E-state index < -0.39 is 52.0 Å². The lowest BCUT2D eigenvalue weighted by Gasteiger charge is -2.15. The van der Waals surface area contributed by atoms with Crippen LogP contribution < -0.4 is 15.4 Å². The Morgan fingerprint density at radius 3 is 2.62 bits per heavy atom. The molecule has 3 heterocycles. The summed E-state index contributed by atoms with van der Waals surface area (Å²) in [7, 11) is 1.06. The maximum atomic E-state index is 15.4. The first kappa shape index (κ1) is 25.5. The molecule has 14 heteroatoms. The number of alkyl halides is 3. The summed E-state index contributed by atoms with van der Waals surface area (Å²) in [6, 6.07) is 7.67. The molecule has 0 unspecified atom stereocenters. The SMILES string of the molecule is COc1ccc(C(=O)Nc2ccc(F)c(Nc3ncccc3-c3ncnc4nc[nH]c34)c2F)cc1C(F)(F)F. The summed E-state index contributed by atoms with van der Waals surface area (Å²) in [6.45, 7) is 0. The fourth-order valence-electron chi connectivity index (χ4n) is 3.81. The number of aromatic nitrogens is 5. The van der Waals surface area contributed by atoms with Crippen molar-refractivity contribution in [1.82, 2.24) is 24.9 Å². The van der Waals surface area contributed by atoms with Gasteiger partial charge in [0, 0.05) is 17.3 Å². The van der Waals surface area contributed by atoms with Gasteiger partial charge in [0.25, 0.3) is 5.91 Å². The molecule has 9 nitrogen and oxygen atoms in total. The number of methoxy groups -OCH3 is 1. The lowest BCUT2D eigenvalue weighted by atomic mass is 10.1. The van der Waals surface area contributed by atoms with Crippen molar-refractivity contribution < 1.29 is 31.5 Å². The molecule has 0 aliphatic heterocycles. The Bertz CT molecular complexity index is 1700. The van der Waals surface area contributed by atoms with E-state index in [1.807, 2.05) is 0 Å². The van der Waals surface area contributed by atoms with Crippen LogP contribution in [0.25, 0.3) is 22.4 Å². The molecular formula is C25H16F5N7O2. The summed E-state index contributed by atoms with van der Waals surface area (Å²) in [4.78, 5) is 32.1. The maximum absolute atomic E-state index is 15.4. The first-order chi connectivity index (χ1) is 18.7. The highest BCUT2D eigenvalue weighted by Crippen LogP contribution is 2.37. The number of ether oxygens (including phenoxy) is 1. The first-order valence-corrected chi connectivity index (χ1v) is 11.1. The molecular weight excluding hydrogens is 525 g/mol. The predicted octanol–water partition coefficient (Wildman–Crippen LogP) is 5.72. The van der Waals surface area contributed by atoms with Gasteiger partial charge in [-0.15, -0.1) is 0 Å². The number of fused-ring (bicyclic) bond motifs is 1. The van der Waals surface area contributed by atoms with E-state index in [0.717, 1.165) is 31.4 Å². The molecule has 0 fully saturated rings. The molecule has 0 bridgehead atoms. The van der Waals surface area contributed by atoms with Gasteiger partial charge in [-0.2, -0.15) is 13.2 Å². The average Bonchev–Trinajstić information content (AvgIpc) is 3.41. The molecule has 2 aromatic carbocycles. The summed E-state index contributed by atoms with van der Waals surface area (Å²) < 4.78 is 75.0. The van der Waals surface area contributed by atoms with Crippen molar-refractivity contribution in [2.75, 3.05) is 17.7 Å². The highest BCUT2D eigenvalue weighted by Gasteiger charge is 2.35. The summed E-state index contributed by atoms with van der Waals surface area (Å²) in [5, 5.41) is 4.77. The third-order valence-corrected chi connectivity index (χ3v) is 5.64. The number of pyridine rings is 1. The van der Waals surface area contributed by atoms with Gasteiger partial charge < -0.3 is 20.4 Å². The van der Waals surface area contributed by atoms with Gasteiger partial charge in [-0.3, -0.25) is 4.79 Å². The van der Waals surface area contributed by atoms with Crippen LogP contribution in [0.15, 0.2) is 61.3 Å². The van der Waals surface area contributed by atoms with Crippen molar-refractivity contribution in [1.29, 1.82) is 0 Å². The topological polar surface area (TPSA) is 118 Å². The van der Waals surface area contributed by atoms with Crippen LogP contribution in [0.2, 0.25) is 0 Å². The molecule has 0 spiro atoms. The zero-order valence-corrected chi connectivity index (χ0v) is 19.8. The number of hydrogen-bond donors (Lipinski definition) is 3. The number of hydrogen-bond acceptors (Lipinski definition) is 7. The lowest BCUT2D eigenvalue weighted by molar-refractivity contribution is -0.138. The van der Waals surface area contributed by atoms with Crippen LogP contribution in [0.3, 0.4) is 0 Å². The molecule has 3 aromatic heterocycles. The van der Waals surface area contributed by atoms with E-state index in [1.54, 1.807) is 12.1 Å². The van der Waals surface area contributed by atoms with Gasteiger partial charge in [0.15, 0.2) is 11.5 Å². The van der Waals surface area contributed by atoms with E-state index in [4.69, 9.17) is 4.74 Å². The number of nitrogens with zero attached hydrogens (tertiary/aromatic N) is 4. The van der Waals surface area contributed by atoms with Crippen molar-refractivity contribution in [2.24, 2.45) is 0 Å². The number of anilines is 3. The fourth-order valence-corrected chi connectivity index (χ4v) is 3.81. The number of H-pyrrole nitrogens is 1. The number of rotatable bonds is 6. The van der Waals surface area contributed by atoms with E-state index in [1.165, 1.54) is 18.9 Å². The average molecular weight is 541 g/mol. The Kier molecular flexibility index (Phi) is 6.52. The van der Waals surface area contributed by atoms with Gasteiger partial charge in [0.1, 0.15) is 40.6 Å². The molecule has 39 heavy (non-hydrogen) atoms. The van der Waals surface area contributed by atoms with Gasteiger partial charge in [-0.25, -0.2) is 28.7 Å². The number of carbonyl (C=O) groups is 1. The summed E-state index contributed by atoms with van der Waals surface area (Å²) >= 11 is 0. The summed E-state index contributed by atoms with van der Waals surface area (Å²) in [5.74, 6) is -3.74. The minimum atomic E-state index is -4.80. The second-order valence-electron chi connectivity index (χ2n) is 8.00. The van der Waals surface area contributed by atoms with E-state index in [0.29, 0.717) is 28.5 Å². The molecule has 3 N–H and O–H groups in total. The maximum Gasteiger partial charge on any atom is 0.419 e. The number of aromatic amines is 1. The highest BCUT2D eigenvalue weighted by molar-refractivity contribution is 6.05. The van der Waals surface area contributed by atoms with E-state index in [2.05, 4.69) is 35.6 Å². The Morgan fingerprint density at radius 2 is 1.85 bits per heavy atom. The number of amides is 1. The van der Waals surface area contributed by atoms with Crippen LogP contribution in [-0.4, -0.2) is 37.9 Å².